The average molecular weight is 347 g/mol. The quantitative estimate of drug-likeness (QED) is 0.873. The van der Waals surface area contributed by atoms with Gasteiger partial charge in [0.15, 0.2) is 0 Å². The predicted octanol–water partition coefficient (Wildman–Crippen LogP) is 3.14. The summed E-state index contributed by atoms with van der Waals surface area (Å²) in [5.41, 5.74) is 0.707. The summed E-state index contributed by atoms with van der Waals surface area (Å²) in [5, 5.41) is 12.9. The first-order chi connectivity index (χ1) is 11.6. The third-order valence-electron chi connectivity index (χ3n) is 3.78. The highest BCUT2D eigenvalue weighted by molar-refractivity contribution is 6.30. The molecule has 0 unspecified atom stereocenters. The standard InChI is InChI=1S/C18H19ClN2O3/c19-13-2-1-3-17(10-13)24-16-6-4-14(5-7-16)20-18(23)12-21-9-8-15(22)11-21/h1-7,10,15,22H,8-9,11-12H2,(H,20,23)/t15-/m0/s1. The number of halogens is 1. The number of aliphatic hydroxyl groups is 1. The number of ether oxygens (including phenoxy) is 1. The monoisotopic (exact) mass is 346 g/mol. The van der Waals surface area contributed by atoms with E-state index in [9.17, 15) is 9.90 Å². The number of carbonyl (C=O) groups is 1. The van der Waals surface area contributed by atoms with Crippen LogP contribution in [-0.4, -0.2) is 41.7 Å². The molecule has 1 fully saturated rings. The van der Waals surface area contributed by atoms with Gasteiger partial charge in [-0.05, 0) is 48.9 Å². The lowest BCUT2D eigenvalue weighted by Gasteiger charge is -2.14. The van der Waals surface area contributed by atoms with Gasteiger partial charge in [-0.25, -0.2) is 0 Å². The summed E-state index contributed by atoms with van der Waals surface area (Å²) in [7, 11) is 0. The Hall–Kier alpha value is -2.08. The van der Waals surface area contributed by atoms with Crippen molar-refractivity contribution in [1.82, 2.24) is 4.90 Å². The highest BCUT2D eigenvalue weighted by Crippen LogP contribution is 2.25. The summed E-state index contributed by atoms with van der Waals surface area (Å²) in [6.45, 7) is 1.60. The number of hydrogen-bond donors (Lipinski definition) is 2. The van der Waals surface area contributed by atoms with Crippen molar-refractivity contribution in [3.05, 3.63) is 53.6 Å². The Balaban J connectivity index is 1.53. The first-order valence-corrected chi connectivity index (χ1v) is 8.20. The Morgan fingerprint density at radius 2 is 2.04 bits per heavy atom. The van der Waals surface area contributed by atoms with Crippen LogP contribution < -0.4 is 10.1 Å². The van der Waals surface area contributed by atoms with Crippen molar-refractivity contribution in [3.8, 4) is 11.5 Å². The summed E-state index contributed by atoms with van der Waals surface area (Å²) in [6.07, 6.45) is 0.406. The van der Waals surface area contributed by atoms with E-state index in [0.717, 1.165) is 13.0 Å². The molecule has 2 aromatic carbocycles. The molecule has 5 nitrogen and oxygen atoms in total. The maximum absolute atomic E-state index is 12.0. The number of aliphatic hydroxyl groups excluding tert-OH is 1. The molecule has 0 radical (unpaired) electrons. The van der Waals surface area contributed by atoms with Crippen LogP contribution in [-0.2, 0) is 4.79 Å². The second kappa shape index (κ2) is 7.66. The van der Waals surface area contributed by atoms with Gasteiger partial charge in [0.2, 0.25) is 5.91 Å². The molecule has 126 valence electrons. The molecule has 0 aliphatic carbocycles. The molecular formula is C18H19ClN2O3. The maximum atomic E-state index is 12.0. The van der Waals surface area contributed by atoms with Crippen molar-refractivity contribution in [1.29, 1.82) is 0 Å². The number of nitrogens with one attached hydrogen (secondary N) is 1. The maximum Gasteiger partial charge on any atom is 0.238 e. The number of likely N-dealkylation sites (tertiary alicyclic amines) is 1. The van der Waals surface area contributed by atoms with Gasteiger partial charge in [-0.15, -0.1) is 0 Å². The van der Waals surface area contributed by atoms with Gasteiger partial charge in [0.1, 0.15) is 11.5 Å². The number of carbonyl (C=O) groups excluding carboxylic acids is 1. The van der Waals surface area contributed by atoms with E-state index in [0.29, 0.717) is 28.8 Å². The normalized spacial score (nSPS) is 17.7. The van der Waals surface area contributed by atoms with Crippen LogP contribution in [0.1, 0.15) is 6.42 Å². The van der Waals surface area contributed by atoms with Crippen molar-refractivity contribution in [2.24, 2.45) is 0 Å². The molecule has 0 aromatic heterocycles. The number of rotatable bonds is 5. The topological polar surface area (TPSA) is 61.8 Å². The molecule has 0 saturated carbocycles. The van der Waals surface area contributed by atoms with Gasteiger partial charge in [0.25, 0.3) is 0 Å². The highest BCUT2D eigenvalue weighted by Gasteiger charge is 2.21. The zero-order chi connectivity index (χ0) is 16.9. The zero-order valence-corrected chi connectivity index (χ0v) is 13.9. The van der Waals surface area contributed by atoms with Crippen molar-refractivity contribution in [2.75, 3.05) is 25.0 Å². The summed E-state index contributed by atoms with van der Waals surface area (Å²) < 4.78 is 5.71. The molecular weight excluding hydrogens is 328 g/mol. The lowest BCUT2D eigenvalue weighted by molar-refractivity contribution is -0.117. The minimum atomic E-state index is -0.319. The second-order valence-electron chi connectivity index (χ2n) is 5.81. The van der Waals surface area contributed by atoms with Gasteiger partial charge in [0, 0.05) is 23.8 Å². The fourth-order valence-electron chi connectivity index (χ4n) is 2.63. The smallest absolute Gasteiger partial charge is 0.238 e. The molecule has 6 heteroatoms. The van der Waals surface area contributed by atoms with Crippen LogP contribution in [0.4, 0.5) is 5.69 Å². The fourth-order valence-corrected chi connectivity index (χ4v) is 2.81. The number of β-amino-alcohol motifs (C(OH)–C–C–N with tert-alkyl or cyclic N) is 1. The van der Waals surface area contributed by atoms with E-state index < -0.39 is 0 Å². The van der Waals surface area contributed by atoms with E-state index in [-0.39, 0.29) is 18.6 Å². The molecule has 1 atom stereocenters. The molecule has 1 aliphatic rings. The van der Waals surface area contributed by atoms with Crippen LogP contribution in [0.25, 0.3) is 0 Å². The number of nitrogens with zero attached hydrogens (tertiary/aromatic N) is 1. The molecule has 3 rings (SSSR count). The summed E-state index contributed by atoms with van der Waals surface area (Å²) in [4.78, 5) is 13.9. The van der Waals surface area contributed by atoms with Crippen LogP contribution in [0, 0.1) is 0 Å². The van der Waals surface area contributed by atoms with Crippen molar-refractivity contribution in [2.45, 2.75) is 12.5 Å². The van der Waals surface area contributed by atoms with E-state index in [1.165, 1.54) is 0 Å². The van der Waals surface area contributed by atoms with Gasteiger partial charge in [-0.3, -0.25) is 9.69 Å². The van der Waals surface area contributed by atoms with E-state index in [4.69, 9.17) is 16.3 Å². The van der Waals surface area contributed by atoms with Crippen LogP contribution in [0.15, 0.2) is 48.5 Å². The Morgan fingerprint density at radius 1 is 1.25 bits per heavy atom. The molecule has 24 heavy (non-hydrogen) atoms. The Kier molecular flexibility index (Phi) is 5.35. The van der Waals surface area contributed by atoms with Crippen molar-refractivity contribution >= 4 is 23.2 Å². The van der Waals surface area contributed by atoms with E-state index >= 15 is 0 Å². The van der Waals surface area contributed by atoms with Gasteiger partial charge in [-0.2, -0.15) is 0 Å². The van der Waals surface area contributed by atoms with Crippen LogP contribution >= 0.6 is 11.6 Å². The number of hydrogen-bond acceptors (Lipinski definition) is 4. The van der Waals surface area contributed by atoms with E-state index in [1.807, 2.05) is 17.0 Å². The molecule has 2 N–H and O–H groups in total. The Morgan fingerprint density at radius 3 is 2.71 bits per heavy atom. The molecule has 1 heterocycles. The second-order valence-corrected chi connectivity index (χ2v) is 6.25. The first kappa shape index (κ1) is 16.8. The molecule has 1 aliphatic heterocycles. The fraction of sp³-hybridized carbons (Fsp3) is 0.278. The van der Waals surface area contributed by atoms with Crippen molar-refractivity contribution in [3.63, 3.8) is 0 Å². The van der Waals surface area contributed by atoms with Crippen molar-refractivity contribution < 1.29 is 14.6 Å². The summed E-state index contributed by atoms with van der Waals surface area (Å²) >= 11 is 5.93. The minimum absolute atomic E-state index is 0.0902. The molecule has 0 bridgehead atoms. The van der Waals surface area contributed by atoms with Crippen LogP contribution in [0.3, 0.4) is 0 Å². The molecule has 1 amide bonds. The molecule has 0 spiro atoms. The van der Waals surface area contributed by atoms with Gasteiger partial charge in [-0.1, -0.05) is 17.7 Å². The minimum Gasteiger partial charge on any atom is -0.457 e. The first-order valence-electron chi connectivity index (χ1n) is 7.82. The lowest BCUT2D eigenvalue weighted by atomic mass is 10.3. The van der Waals surface area contributed by atoms with Gasteiger partial charge in [0.05, 0.1) is 12.6 Å². The predicted molar refractivity (Wildman–Crippen MR) is 93.7 cm³/mol. The van der Waals surface area contributed by atoms with Crippen LogP contribution in [0.5, 0.6) is 11.5 Å². The molecule has 1 saturated heterocycles. The van der Waals surface area contributed by atoms with Gasteiger partial charge < -0.3 is 15.2 Å². The third kappa shape index (κ3) is 4.71. The SMILES string of the molecule is O=C(CN1CC[C@H](O)C1)Nc1ccc(Oc2cccc(Cl)c2)cc1. The summed E-state index contributed by atoms with van der Waals surface area (Å²) in [6, 6.07) is 14.3. The average Bonchev–Trinajstić information content (AvgIpc) is 2.94. The lowest BCUT2D eigenvalue weighted by Crippen LogP contribution is -2.32. The number of anilines is 1. The largest absolute Gasteiger partial charge is 0.457 e. The summed E-state index contributed by atoms with van der Waals surface area (Å²) in [5.74, 6) is 1.23. The zero-order valence-electron chi connectivity index (χ0n) is 13.1. The van der Waals surface area contributed by atoms with E-state index in [1.54, 1.807) is 36.4 Å². The number of benzene rings is 2. The van der Waals surface area contributed by atoms with Crippen LogP contribution in [0.2, 0.25) is 5.02 Å². The highest BCUT2D eigenvalue weighted by atomic mass is 35.5. The van der Waals surface area contributed by atoms with E-state index in [2.05, 4.69) is 5.32 Å². The number of amides is 1. The Labute approximate surface area is 145 Å². The van der Waals surface area contributed by atoms with Gasteiger partial charge >= 0.3 is 0 Å². The Bertz CT molecular complexity index is 706. The third-order valence-corrected chi connectivity index (χ3v) is 4.02. The molecule has 2 aromatic rings.